The molecule has 0 spiro atoms. The third kappa shape index (κ3) is 1.48. The molecular weight excluding hydrogens is 194 g/mol. The van der Waals surface area contributed by atoms with Crippen LogP contribution in [0.2, 0.25) is 0 Å². The van der Waals surface area contributed by atoms with Crippen LogP contribution in [0, 0.1) is 0 Å². The fourth-order valence-electron chi connectivity index (χ4n) is 1.56. The number of methoxy groups -OCH3 is 1. The lowest BCUT2D eigenvalue weighted by Gasteiger charge is -2.06. The van der Waals surface area contributed by atoms with Crippen molar-refractivity contribution in [2.75, 3.05) is 18.6 Å². The summed E-state index contributed by atoms with van der Waals surface area (Å²) in [5.41, 5.74) is 12.1. The lowest BCUT2D eigenvalue weighted by molar-refractivity contribution is 0.420. The molecule has 5 heteroatoms. The van der Waals surface area contributed by atoms with Gasteiger partial charge in [0.25, 0.3) is 0 Å². The number of anilines is 2. The fourth-order valence-corrected chi connectivity index (χ4v) is 1.56. The minimum atomic E-state index is -0.182. The highest BCUT2D eigenvalue weighted by molar-refractivity contribution is 5.89. The van der Waals surface area contributed by atoms with E-state index in [2.05, 4.69) is 4.98 Å². The van der Waals surface area contributed by atoms with Gasteiger partial charge in [-0.25, -0.2) is 0 Å². The molecule has 0 bridgehead atoms. The van der Waals surface area contributed by atoms with E-state index >= 15 is 0 Å². The number of nitrogens with two attached hydrogens (primary N) is 2. The number of H-pyrrole nitrogens is 1. The van der Waals surface area contributed by atoms with E-state index < -0.39 is 0 Å². The first kappa shape index (κ1) is 9.39. The van der Waals surface area contributed by atoms with E-state index in [1.807, 2.05) is 0 Å². The first-order chi connectivity index (χ1) is 7.11. The molecule has 5 nitrogen and oxygen atoms in total. The summed E-state index contributed by atoms with van der Waals surface area (Å²) in [6, 6.07) is 4.57. The van der Waals surface area contributed by atoms with Gasteiger partial charge in [-0.2, -0.15) is 0 Å². The molecule has 0 fully saturated rings. The summed E-state index contributed by atoms with van der Waals surface area (Å²) in [4.78, 5) is 14.5. The lowest BCUT2D eigenvalue weighted by atomic mass is 10.1. The van der Waals surface area contributed by atoms with Crippen molar-refractivity contribution in [1.29, 1.82) is 0 Å². The van der Waals surface area contributed by atoms with Gasteiger partial charge in [0.05, 0.1) is 18.0 Å². The summed E-state index contributed by atoms with van der Waals surface area (Å²) in [5, 5.41) is 0.459. The molecule has 5 N–H and O–H groups in total. The summed E-state index contributed by atoms with van der Waals surface area (Å²) in [5.74, 6) is 0.756. The molecule has 0 amide bonds. The molecule has 0 saturated carbocycles. The second-order valence-electron chi connectivity index (χ2n) is 3.23. The number of nitrogens with one attached hydrogen (secondary N) is 1. The first-order valence-corrected chi connectivity index (χ1v) is 4.38. The lowest BCUT2D eigenvalue weighted by Crippen LogP contribution is -2.06. The Morgan fingerprint density at radius 1 is 1.27 bits per heavy atom. The van der Waals surface area contributed by atoms with Crippen molar-refractivity contribution in [3.05, 3.63) is 28.4 Å². The van der Waals surface area contributed by atoms with E-state index in [4.69, 9.17) is 16.2 Å². The predicted molar refractivity (Wildman–Crippen MR) is 59.9 cm³/mol. The van der Waals surface area contributed by atoms with Crippen LogP contribution in [0.5, 0.6) is 5.75 Å². The number of pyridine rings is 1. The summed E-state index contributed by atoms with van der Waals surface area (Å²) < 4.78 is 5.09. The number of aromatic amines is 1. The van der Waals surface area contributed by atoms with Crippen LogP contribution < -0.4 is 21.6 Å². The van der Waals surface area contributed by atoms with Gasteiger partial charge in [-0.05, 0) is 6.07 Å². The largest absolute Gasteiger partial charge is 0.496 e. The fraction of sp³-hybridized carbons (Fsp3) is 0.100. The molecule has 0 aliphatic heterocycles. The number of aromatic nitrogens is 1. The maximum Gasteiger partial charge on any atom is 0.195 e. The topological polar surface area (TPSA) is 94.1 Å². The summed E-state index contributed by atoms with van der Waals surface area (Å²) in [7, 11) is 1.49. The van der Waals surface area contributed by atoms with E-state index in [-0.39, 0.29) is 5.43 Å². The number of benzene rings is 1. The van der Waals surface area contributed by atoms with Gasteiger partial charge in [0.1, 0.15) is 11.6 Å². The van der Waals surface area contributed by atoms with Crippen molar-refractivity contribution in [2.24, 2.45) is 0 Å². The van der Waals surface area contributed by atoms with Gasteiger partial charge < -0.3 is 21.2 Å². The van der Waals surface area contributed by atoms with Gasteiger partial charge in [0, 0.05) is 17.8 Å². The summed E-state index contributed by atoms with van der Waals surface area (Å²) in [6.07, 6.45) is 0. The monoisotopic (exact) mass is 205 g/mol. The Morgan fingerprint density at radius 2 is 2.00 bits per heavy atom. The standard InChI is InChI=1S/C10H11N3O2/c1-15-8-3-5(11)2-6-10(8)7(14)4-9(12)13-6/h2-4H,11H2,1H3,(H3,12,13,14). The number of hydrogen-bond donors (Lipinski definition) is 3. The summed E-state index contributed by atoms with van der Waals surface area (Å²) in [6.45, 7) is 0. The maximum atomic E-state index is 11.7. The molecule has 0 saturated heterocycles. The minimum Gasteiger partial charge on any atom is -0.496 e. The second kappa shape index (κ2) is 3.20. The van der Waals surface area contributed by atoms with E-state index in [0.29, 0.717) is 28.2 Å². The number of hydrogen-bond acceptors (Lipinski definition) is 4. The van der Waals surface area contributed by atoms with Crippen LogP contribution in [-0.4, -0.2) is 12.1 Å². The Labute approximate surface area is 85.7 Å². The number of fused-ring (bicyclic) bond motifs is 1. The second-order valence-corrected chi connectivity index (χ2v) is 3.23. The normalized spacial score (nSPS) is 10.5. The van der Waals surface area contributed by atoms with Crippen molar-refractivity contribution in [2.45, 2.75) is 0 Å². The highest BCUT2D eigenvalue weighted by Gasteiger charge is 2.07. The van der Waals surface area contributed by atoms with Gasteiger partial charge in [0.2, 0.25) is 0 Å². The number of rotatable bonds is 1. The minimum absolute atomic E-state index is 0.182. The van der Waals surface area contributed by atoms with Gasteiger partial charge in [0.15, 0.2) is 5.43 Å². The third-order valence-corrected chi connectivity index (χ3v) is 2.16. The summed E-state index contributed by atoms with van der Waals surface area (Å²) >= 11 is 0. The van der Waals surface area contributed by atoms with Gasteiger partial charge >= 0.3 is 0 Å². The third-order valence-electron chi connectivity index (χ3n) is 2.16. The van der Waals surface area contributed by atoms with Crippen LogP contribution in [-0.2, 0) is 0 Å². The van der Waals surface area contributed by atoms with Crippen molar-refractivity contribution < 1.29 is 4.74 Å². The van der Waals surface area contributed by atoms with Crippen molar-refractivity contribution >= 4 is 22.4 Å². The Balaban J connectivity index is 2.96. The van der Waals surface area contributed by atoms with E-state index in [9.17, 15) is 4.79 Å². The van der Waals surface area contributed by atoms with Crippen LogP contribution in [0.15, 0.2) is 23.0 Å². The van der Waals surface area contributed by atoms with Crippen LogP contribution in [0.4, 0.5) is 11.5 Å². The zero-order chi connectivity index (χ0) is 11.0. The van der Waals surface area contributed by atoms with Crippen LogP contribution in [0.1, 0.15) is 0 Å². The molecule has 1 heterocycles. The highest BCUT2D eigenvalue weighted by Crippen LogP contribution is 2.25. The molecule has 0 aliphatic carbocycles. The average molecular weight is 205 g/mol. The van der Waals surface area contributed by atoms with Gasteiger partial charge in [-0.1, -0.05) is 0 Å². The molecule has 0 aliphatic rings. The van der Waals surface area contributed by atoms with E-state index in [1.54, 1.807) is 12.1 Å². The Bertz CT molecular complexity index is 569. The number of ether oxygens (including phenoxy) is 1. The average Bonchev–Trinajstić information content (AvgIpc) is 2.14. The molecule has 2 rings (SSSR count). The molecular formula is C10H11N3O2. The van der Waals surface area contributed by atoms with E-state index in [1.165, 1.54) is 13.2 Å². The quantitative estimate of drug-likeness (QED) is 0.597. The zero-order valence-corrected chi connectivity index (χ0v) is 8.20. The molecule has 15 heavy (non-hydrogen) atoms. The molecule has 78 valence electrons. The molecule has 0 radical (unpaired) electrons. The van der Waals surface area contributed by atoms with Crippen molar-refractivity contribution in [1.82, 2.24) is 4.98 Å². The molecule has 1 aromatic carbocycles. The molecule has 0 unspecified atom stereocenters. The van der Waals surface area contributed by atoms with Crippen LogP contribution in [0.3, 0.4) is 0 Å². The molecule has 2 aromatic rings. The van der Waals surface area contributed by atoms with Gasteiger partial charge in [-0.15, -0.1) is 0 Å². The zero-order valence-electron chi connectivity index (χ0n) is 8.20. The smallest absolute Gasteiger partial charge is 0.195 e. The predicted octanol–water partition coefficient (Wildman–Crippen LogP) is 0.701. The number of nitrogen functional groups attached to an aromatic ring is 2. The SMILES string of the molecule is COc1cc(N)cc2[nH]c(N)cc(=O)c12. The van der Waals surface area contributed by atoms with Gasteiger partial charge in [-0.3, -0.25) is 4.79 Å². The van der Waals surface area contributed by atoms with E-state index in [0.717, 1.165) is 0 Å². The highest BCUT2D eigenvalue weighted by atomic mass is 16.5. The molecule has 1 aromatic heterocycles. The maximum absolute atomic E-state index is 11.7. The van der Waals surface area contributed by atoms with Crippen molar-refractivity contribution in [3.63, 3.8) is 0 Å². The van der Waals surface area contributed by atoms with Crippen LogP contribution in [0.25, 0.3) is 10.9 Å². The van der Waals surface area contributed by atoms with Crippen molar-refractivity contribution in [3.8, 4) is 5.75 Å². The Kier molecular flexibility index (Phi) is 2.00. The Hall–Kier alpha value is -2.17. The Morgan fingerprint density at radius 3 is 2.67 bits per heavy atom. The van der Waals surface area contributed by atoms with Crippen LogP contribution >= 0.6 is 0 Å². The first-order valence-electron chi connectivity index (χ1n) is 4.38. The molecule has 0 atom stereocenters.